The van der Waals surface area contributed by atoms with Crippen LogP contribution < -0.4 is 11.5 Å². The normalized spacial score (nSPS) is 15.6. The molecule has 0 atom stereocenters. The van der Waals surface area contributed by atoms with Gasteiger partial charge in [0.05, 0.1) is 0 Å². The molecule has 1 aromatic carbocycles. The average molecular weight is 473 g/mol. The van der Waals surface area contributed by atoms with Gasteiger partial charge in [0, 0.05) is 30.2 Å². The summed E-state index contributed by atoms with van der Waals surface area (Å²) in [6.07, 6.45) is 11.8. The molecule has 1 aliphatic rings. The highest BCUT2D eigenvalue weighted by Gasteiger charge is 2.15. The summed E-state index contributed by atoms with van der Waals surface area (Å²) < 4.78 is 0. The van der Waals surface area contributed by atoms with E-state index < -0.39 is 5.60 Å². The number of hydrogen-bond acceptors (Lipinski definition) is 5. The van der Waals surface area contributed by atoms with Crippen LogP contribution in [0.3, 0.4) is 0 Å². The lowest BCUT2D eigenvalue weighted by Crippen LogP contribution is -2.14. The van der Waals surface area contributed by atoms with E-state index in [0.717, 1.165) is 46.2 Å². The third kappa shape index (κ3) is 8.06. The molecule has 2 aromatic rings. The Morgan fingerprint density at radius 3 is 2.51 bits per heavy atom. The molecular formula is C30H40N4O. The number of pyridine rings is 1. The van der Waals surface area contributed by atoms with E-state index in [4.69, 9.17) is 16.5 Å². The van der Waals surface area contributed by atoms with Crippen molar-refractivity contribution in [2.45, 2.75) is 84.8 Å². The highest BCUT2D eigenvalue weighted by molar-refractivity contribution is 5.85. The number of aromatic nitrogens is 1. The standard InChI is InChI=1S/C30H40N4O/c1-21(19-33-22(2)24-8-6-5-7-9-24)28-17-26(29(32)34-20-28)13-12-25-16-23(10-11-27(25)18-31)14-15-30(3,4)35/h10-11,16-17,19-20,24,35H,5-9,12-13,18,31H2,1-4H3,(H2,32,34)/b21-19+,33-22+. The Kier molecular flexibility index (Phi) is 9.26. The first-order chi connectivity index (χ1) is 16.7. The monoisotopic (exact) mass is 472 g/mol. The van der Waals surface area contributed by atoms with E-state index in [9.17, 15) is 5.11 Å². The lowest BCUT2D eigenvalue weighted by Gasteiger charge is -2.21. The molecule has 1 heterocycles. The summed E-state index contributed by atoms with van der Waals surface area (Å²) in [7, 11) is 0. The minimum Gasteiger partial charge on any atom is -0.383 e. The second kappa shape index (κ2) is 12.2. The molecule has 35 heavy (non-hydrogen) atoms. The maximum atomic E-state index is 9.91. The molecule has 5 heteroatoms. The van der Waals surface area contributed by atoms with Gasteiger partial charge < -0.3 is 16.6 Å². The van der Waals surface area contributed by atoms with Crippen molar-refractivity contribution in [3.63, 3.8) is 0 Å². The van der Waals surface area contributed by atoms with Crippen LogP contribution in [-0.4, -0.2) is 21.4 Å². The molecule has 1 aliphatic carbocycles. The lowest BCUT2D eigenvalue weighted by molar-refractivity contribution is 0.143. The Hall–Kier alpha value is -2.94. The number of aliphatic hydroxyl groups is 1. The highest BCUT2D eigenvalue weighted by atomic mass is 16.3. The van der Waals surface area contributed by atoms with Crippen LogP contribution in [0.15, 0.2) is 41.7 Å². The van der Waals surface area contributed by atoms with Gasteiger partial charge in [-0.15, -0.1) is 0 Å². The van der Waals surface area contributed by atoms with Gasteiger partial charge in [0.25, 0.3) is 0 Å². The van der Waals surface area contributed by atoms with Crippen molar-refractivity contribution in [1.82, 2.24) is 4.98 Å². The van der Waals surface area contributed by atoms with Crippen LogP contribution in [0, 0.1) is 17.8 Å². The van der Waals surface area contributed by atoms with Crippen LogP contribution in [-0.2, 0) is 19.4 Å². The van der Waals surface area contributed by atoms with E-state index in [0.29, 0.717) is 18.3 Å². The van der Waals surface area contributed by atoms with E-state index in [-0.39, 0.29) is 0 Å². The Morgan fingerprint density at radius 1 is 1.11 bits per heavy atom. The van der Waals surface area contributed by atoms with Gasteiger partial charge in [-0.05, 0) is 105 Å². The number of benzene rings is 1. The quantitative estimate of drug-likeness (QED) is 0.370. The smallest absolute Gasteiger partial charge is 0.126 e. The van der Waals surface area contributed by atoms with Gasteiger partial charge in [-0.2, -0.15) is 0 Å². The SMILES string of the molecule is C/C(=C\N=C(/C)C1CCCCC1)c1cnc(N)c(CCc2cc(C#CC(C)(C)O)ccc2CN)c1. The Labute approximate surface area is 210 Å². The Morgan fingerprint density at radius 2 is 1.83 bits per heavy atom. The molecule has 186 valence electrons. The lowest BCUT2D eigenvalue weighted by atomic mass is 9.86. The van der Waals surface area contributed by atoms with Gasteiger partial charge in [0.1, 0.15) is 11.4 Å². The second-order valence-electron chi connectivity index (χ2n) is 10.2. The van der Waals surface area contributed by atoms with E-state index in [1.807, 2.05) is 24.5 Å². The van der Waals surface area contributed by atoms with Gasteiger partial charge in [0.15, 0.2) is 0 Å². The largest absolute Gasteiger partial charge is 0.383 e. The van der Waals surface area contributed by atoms with E-state index in [1.165, 1.54) is 37.8 Å². The summed E-state index contributed by atoms with van der Waals surface area (Å²) in [6.45, 7) is 8.05. The summed E-state index contributed by atoms with van der Waals surface area (Å²) in [6, 6.07) is 8.15. The Balaban J connectivity index is 1.76. The fourth-order valence-corrected chi connectivity index (χ4v) is 4.47. The van der Waals surface area contributed by atoms with Crippen molar-refractivity contribution in [3.8, 4) is 11.8 Å². The van der Waals surface area contributed by atoms with Crippen molar-refractivity contribution in [3.05, 3.63) is 64.5 Å². The van der Waals surface area contributed by atoms with Crippen molar-refractivity contribution in [1.29, 1.82) is 0 Å². The molecular weight excluding hydrogens is 432 g/mol. The number of anilines is 1. The molecule has 0 saturated heterocycles. The number of nitrogens with zero attached hydrogens (tertiary/aromatic N) is 2. The summed E-state index contributed by atoms with van der Waals surface area (Å²) in [5, 5.41) is 9.91. The van der Waals surface area contributed by atoms with E-state index in [1.54, 1.807) is 13.8 Å². The molecule has 1 saturated carbocycles. The number of nitrogens with two attached hydrogens (primary N) is 2. The molecule has 0 amide bonds. The summed E-state index contributed by atoms with van der Waals surface area (Å²) in [5.41, 5.74) is 18.7. The number of allylic oxidation sites excluding steroid dienone is 1. The van der Waals surface area contributed by atoms with Gasteiger partial charge in [-0.3, -0.25) is 4.99 Å². The topological polar surface area (TPSA) is 97.5 Å². The zero-order valence-corrected chi connectivity index (χ0v) is 21.7. The van der Waals surface area contributed by atoms with Crippen LogP contribution in [0.1, 0.15) is 87.6 Å². The molecule has 0 unspecified atom stereocenters. The zero-order chi connectivity index (χ0) is 25.4. The molecule has 0 spiro atoms. The van der Waals surface area contributed by atoms with Crippen molar-refractivity contribution in [2.24, 2.45) is 16.6 Å². The maximum Gasteiger partial charge on any atom is 0.126 e. The molecule has 5 N–H and O–H groups in total. The van der Waals surface area contributed by atoms with E-state index in [2.05, 4.69) is 42.8 Å². The van der Waals surface area contributed by atoms with Gasteiger partial charge in [-0.25, -0.2) is 4.98 Å². The van der Waals surface area contributed by atoms with Gasteiger partial charge in [0.2, 0.25) is 0 Å². The summed E-state index contributed by atoms with van der Waals surface area (Å²) in [4.78, 5) is 9.25. The maximum absolute atomic E-state index is 9.91. The predicted molar refractivity (Wildman–Crippen MR) is 147 cm³/mol. The van der Waals surface area contributed by atoms with E-state index >= 15 is 0 Å². The number of hydrogen-bond donors (Lipinski definition) is 3. The van der Waals surface area contributed by atoms with Crippen LogP contribution in [0.5, 0.6) is 0 Å². The minimum atomic E-state index is -1.03. The fourth-order valence-electron chi connectivity index (χ4n) is 4.47. The Bertz CT molecular complexity index is 1140. The summed E-state index contributed by atoms with van der Waals surface area (Å²) >= 11 is 0. The molecule has 1 aromatic heterocycles. The number of rotatable bonds is 7. The first kappa shape index (κ1) is 26.7. The molecule has 1 fully saturated rings. The molecule has 5 nitrogen and oxygen atoms in total. The second-order valence-corrected chi connectivity index (χ2v) is 10.2. The van der Waals surface area contributed by atoms with Crippen LogP contribution >= 0.6 is 0 Å². The minimum absolute atomic E-state index is 0.461. The summed E-state index contributed by atoms with van der Waals surface area (Å²) in [5.74, 6) is 7.10. The van der Waals surface area contributed by atoms with Crippen molar-refractivity contribution < 1.29 is 5.11 Å². The van der Waals surface area contributed by atoms with Crippen molar-refractivity contribution in [2.75, 3.05) is 5.73 Å². The van der Waals surface area contributed by atoms with Crippen LogP contribution in [0.2, 0.25) is 0 Å². The molecule has 3 rings (SSSR count). The first-order valence-corrected chi connectivity index (χ1v) is 12.7. The van der Waals surface area contributed by atoms with Crippen molar-refractivity contribution >= 4 is 17.1 Å². The van der Waals surface area contributed by atoms with Gasteiger partial charge >= 0.3 is 0 Å². The number of aryl methyl sites for hydroxylation is 2. The average Bonchev–Trinajstić information content (AvgIpc) is 2.85. The molecule has 0 bridgehead atoms. The van der Waals surface area contributed by atoms with Gasteiger partial charge in [-0.1, -0.05) is 37.2 Å². The highest BCUT2D eigenvalue weighted by Crippen LogP contribution is 2.26. The van der Waals surface area contributed by atoms with Crippen LogP contribution in [0.25, 0.3) is 5.57 Å². The predicted octanol–water partition coefficient (Wildman–Crippen LogP) is 5.43. The molecule has 0 aliphatic heterocycles. The third-order valence-corrected chi connectivity index (χ3v) is 6.72. The zero-order valence-electron chi connectivity index (χ0n) is 21.7. The number of nitrogen functional groups attached to an aromatic ring is 1. The number of aliphatic imine (C=N–C) groups is 1. The fraction of sp³-hybridized carbons (Fsp3) is 0.467. The first-order valence-electron chi connectivity index (χ1n) is 12.7. The molecule has 0 radical (unpaired) electrons. The van der Waals surface area contributed by atoms with Crippen LogP contribution in [0.4, 0.5) is 5.82 Å². The third-order valence-electron chi connectivity index (χ3n) is 6.72.